The van der Waals surface area contributed by atoms with Crippen LogP contribution in [-0.2, 0) is 0 Å². The molecule has 0 aliphatic rings. The molecule has 0 heterocycles. The summed E-state index contributed by atoms with van der Waals surface area (Å²) in [5.41, 5.74) is 0. The van der Waals surface area contributed by atoms with E-state index < -0.39 is 0 Å². The highest BCUT2D eigenvalue weighted by Gasteiger charge is 2.01. The van der Waals surface area contributed by atoms with E-state index in [9.17, 15) is 0 Å². The Balaban J connectivity index is 3.80. The van der Waals surface area contributed by atoms with Crippen molar-refractivity contribution in [1.29, 1.82) is 0 Å². The van der Waals surface area contributed by atoms with E-state index >= 15 is 0 Å². The van der Waals surface area contributed by atoms with E-state index in [2.05, 4.69) is 22.8 Å². The molecule has 0 saturated carbocycles. The maximum absolute atomic E-state index is 3.96. The Bertz CT molecular complexity index is 148. The molecule has 0 unspecified atom stereocenters. The lowest BCUT2D eigenvalue weighted by Crippen LogP contribution is -1.87. The van der Waals surface area contributed by atoms with E-state index in [4.69, 9.17) is 0 Å². The molecule has 2 nitrogen and oxygen atoms in total. The first-order valence-corrected chi connectivity index (χ1v) is 3.18. The van der Waals surface area contributed by atoms with Gasteiger partial charge in [0.05, 0.1) is 6.42 Å². The number of hydrogen-bond acceptors (Lipinski definition) is 1. The number of rotatable bonds is 2. The van der Waals surface area contributed by atoms with Gasteiger partial charge >= 0.3 is 5.84 Å². The Morgan fingerprint density at radius 3 is 2.67 bits per heavy atom. The molecule has 0 amide bonds. The molecular formula is C7H13N2+. The van der Waals surface area contributed by atoms with Crippen LogP contribution in [0.5, 0.6) is 0 Å². The van der Waals surface area contributed by atoms with Crippen molar-refractivity contribution in [2.45, 2.75) is 26.7 Å². The summed E-state index contributed by atoms with van der Waals surface area (Å²) < 4.78 is 0. The van der Waals surface area contributed by atoms with Gasteiger partial charge in [-0.3, -0.25) is 0 Å². The van der Waals surface area contributed by atoms with Gasteiger partial charge in [0.1, 0.15) is 7.05 Å². The SMILES string of the molecule is CC#[N+]C(CCC)=NC. The fourth-order valence-corrected chi connectivity index (χ4v) is 0.570. The fraction of sp³-hybridized carbons (Fsp3) is 0.714. The van der Waals surface area contributed by atoms with E-state index in [0.717, 1.165) is 18.7 Å². The first kappa shape index (κ1) is 8.16. The Labute approximate surface area is 56.4 Å². The third kappa shape index (κ3) is 3.72. The molecule has 0 atom stereocenters. The predicted molar refractivity (Wildman–Crippen MR) is 41.2 cm³/mol. The molecule has 0 aliphatic carbocycles. The molecular weight excluding hydrogens is 112 g/mol. The van der Waals surface area contributed by atoms with Crippen molar-refractivity contribution in [2.75, 3.05) is 7.05 Å². The molecule has 0 N–H and O–H groups in total. The second kappa shape index (κ2) is 5.30. The van der Waals surface area contributed by atoms with Gasteiger partial charge in [-0.25, -0.2) is 0 Å². The van der Waals surface area contributed by atoms with Gasteiger partial charge in [0.2, 0.25) is 0 Å². The third-order valence-electron chi connectivity index (χ3n) is 0.973. The van der Waals surface area contributed by atoms with Crippen LogP contribution in [0.4, 0.5) is 0 Å². The molecule has 0 aromatic carbocycles. The monoisotopic (exact) mass is 125 g/mol. The first-order valence-electron chi connectivity index (χ1n) is 3.18. The van der Waals surface area contributed by atoms with E-state index in [1.807, 2.05) is 0 Å². The molecule has 0 spiro atoms. The van der Waals surface area contributed by atoms with Crippen molar-refractivity contribution in [3.63, 3.8) is 0 Å². The minimum absolute atomic E-state index is 0.889. The quantitative estimate of drug-likeness (QED) is 0.397. The number of hydrogen-bond donors (Lipinski definition) is 0. The Morgan fingerprint density at radius 1 is 1.67 bits per heavy atom. The molecule has 0 radical (unpaired) electrons. The van der Waals surface area contributed by atoms with Crippen LogP contribution in [0.1, 0.15) is 26.7 Å². The second-order valence-electron chi connectivity index (χ2n) is 1.73. The third-order valence-corrected chi connectivity index (χ3v) is 0.973. The van der Waals surface area contributed by atoms with Gasteiger partial charge in [-0.05, 0) is 6.42 Å². The summed E-state index contributed by atoms with van der Waals surface area (Å²) in [6.45, 7) is 3.89. The average molecular weight is 125 g/mol. The summed E-state index contributed by atoms with van der Waals surface area (Å²) in [7, 11) is 1.76. The normalized spacial score (nSPS) is 10.3. The maximum Gasteiger partial charge on any atom is 0.395 e. The Kier molecular flexibility index (Phi) is 4.81. The second-order valence-corrected chi connectivity index (χ2v) is 1.73. The van der Waals surface area contributed by atoms with Crippen LogP contribution >= 0.6 is 0 Å². The Morgan fingerprint density at radius 2 is 2.33 bits per heavy atom. The van der Waals surface area contributed by atoms with Crippen molar-refractivity contribution >= 4 is 5.84 Å². The van der Waals surface area contributed by atoms with Crippen molar-refractivity contribution in [2.24, 2.45) is 4.99 Å². The summed E-state index contributed by atoms with van der Waals surface area (Å²) >= 11 is 0. The van der Waals surface area contributed by atoms with Crippen molar-refractivity contribution in [3.05, 3.63) is 4.85 Å². The molecule has 0 bridgehead atoms. The summed E-state index contributed by atoms with van der Waals surface area (Å²) in [6.07, 6.45) is 2.05. The van der Waals surface area contributed by atoms with E-state index in [0.29, 0.717) is 0 Å². The largest absolute Gasteiger partial charge is 0.395 e. The van der Waals surface area contributed by atoms with E-state index in [-0.39, 0.29) is 0 Å². The maximum atomic E-state index is 3.96. The van der Waals surface area contributed by atoms with Gasteiger partial charge in [0, 0.05) is 6.92 Å². The fourth-order valence-electron chi connectivity index (χ4n) is 0.570. The highest BCUT2D eigenvalue weighted by molar-refractivity contribution is 5.91. The van der Waals surface area contributed by atoms with Gasteiger partial charge in [-0.2, -0.15) is 4.85 Å². The minimum atomic E-state index is 0.889. The molecule has 2 heteroatoms. The van der Waals surface area contributed by atoms with Crippen LogP contribution < -0.4 is 0 Å². The standard InChI is InChI=1S/C7H13N2/c1-4-6-7(8-3)9-5-2/h4,6H2,1-3H3/q+1. The zero-order valence-electron chi connectivity index (χ0n) is 6.31. The first-order chi connectivity index (χ1) is 4.35. The zero-order valence-corrected chi connectivity index (χ0v) is 6.31. The number of aliphatic imine (C=N–C) groups is 1. The van der Waals surface area contributed by atoms with Crippen LogP contribution in [0, 0.1) is 6.07 Å². The highest BCUT2D eigenvalue weighted by Crippen LogP contribution is 1.92. The minimum Gasteiger partial charge on any atom is -0.160 e. The molecule has 0 saturated heterocycles. The summed E-state index contributed by atoms with van der Waals surface area (Å²) in [5, 5.41) is 0. The molecule has 0 aliphatic heterocycles. The topological polar surface area (TPSA) is 16.7 Å². The van der Waals surface area contributed by atoms with Crippen molar-refractivity contribution < 1.29 is 0 Å². The molecule has 0 rings (SSSR count). The van der Waals surface area contributed by atoms with Crippen LogP contribution in [0.15, 0.2) is 4.99 Å². The smallest absolute Gasteiger partial charge is 0.160 e. The summed E-state index contributed by atoms with van der Waals surface area (Å²) in [5.74, 6) is 0.889. The van der Waals surface area contributed by atoms with E-state index in [1.165, 1.54) is 0 Å². The summed E-state index contributed by atoms with van der Waals surface area (Å²) in [4.78, 5) is 7.89. The molecule has 0 aromatic rings. The van der Waals surface area contributed by atoms with Gasteiger partial charge in [0.25, 0.3) is 0 Å². The van der Waals surface area contributed by atoms with Crippen molar-refractivity contribution in [3.8, 4) is 6.07 Å². The predicted octanol–water partition coefficient (Wildman–Crippen LogP) is 2.17. The molecule has 50 valence electrons. The lowest BCUT2D eigenvalue weighted by molar-refractivity contribution is 0.992. The van der Waals surface area contributed by atoms with Crippen LogP contribution in [0.2, 0.25) is 0 Å². The van der Waals surface area contributed by atoms with Gasteiger partial charge < -0.3 is 0 Å². The van der Waals surface area contributed by atoms with Gasteiger partial charge in [-0.15, -0.1) is 0 Å². The van der Waals surface area contributed by atoms with Crippen LogP contribution in [0.3, 0.4) is 0 Å². The van der Waals surface area contributed by atoms with Gasteiger partial charge in [0.15, 0.2) is 6.07 Å². The van der Waals surface area contributed by atoms with Crippen LogP contribution in [0.25, 0.3) is 4.85 Å². The number of nitrogens with zero attached hydrogens (tertiary/aromatic N) is 2. The lowest BCUT2D eigenvalue weighted by atomic mass is 10.3. The molecule has 0 aromatic heterocycles. The zero-order chi connectivity index (χ0) is 7.11. The average Bonchev–Trinajstić information content (AvgIpc) is 1.88. The van der Waals surface area contributed by atoms with Crippen molar-refractivity contribution in [1.82, 2.24) is 0 Å². The highest BCUT2D eigenvalue weighted by atomic mass is 14.9. The Hall–Kier alpha value is -0.840. The molecule has 9 heavy (non-hydrogen) atoms. The molecule has 0 fully saturated rings. The number of amidine groups is 1. The van der Waals surface area contributed by atoms with Crippen LogP contribution in [-0.4, -0.2) is 12.9 Å². The summed E-state index contributed by atoms with van der Waals surface area (Å²) in [6, 6.07) is 2.70. The van der Waals surface area contributed by atoms with E-state index in [1.54, 1.807) is 14.0 Å². The lowest BCUT2D eigenvalue weighted by Gasteiger charge is -1.78. The van der Waals surface area contributed by atoms with Gasteiger partial charge in [-0.1, -0.05) is 11.9 Å².